The molecule has 0 unspecified atom stereocenters. The normalized spacial score (nSPS) is 28.2. The molecule has 1 aromatic rings. The van der Waals surface area contributed by atoms with Gasteiger partial charge in [-0.2, -0.15) is 5.10 Å². The molecule has 2 N–H and O–H groups in total. The van der Waals surface area contributed by atoms with E-state index >= 15 is 0 Å². The standard InChI is InChI=1S/C13H23N3/c1-12(2,3)11-8(7-16(6)15-11)9-10(14)13(9,4)5/h7,9-10H,14H2,1-6H3/t9-,10-/m0/s1. The van der Waals surface area contributed by atoms with Crippen LogP contribution in [0.25, 0.3) is 0 Å². The van der Waals surface area contributed by atoms with Crippen LogP contribution < -0.4 is 5.73 Å². The van der Waals surface area contributed by atoms with Gasteiger partial charge in [0.2, 0.25) is 0 Å². The van der Waals surface area contributed by atoms with Gasteiger partial charge < -0.3 is 5.73 Å². The van der Waals surface area contributed by atoms with Crippen LogP contribution in [0, 0.1) is 5.41 Å². The lowest BCUT2D eigenvalue weighted by Gasteiger charge is -2.17. The third kappa shape index (κ3) is 1.58. The van der Waals surface area contributed by atoms with E-state index < -0.39 is 0 Å². The van der Waals surface area contributed by atoms with Gasteiger partial charge in [0.15, 0.2) is 0 Å². The zero-order chi connectivity index (χ0) is 12.3. The first-order valence-electron chi connectivity index (χ1n) is 5.95. The lowest BCUT2D eigenvalue weighted by molar-refractivity contribution is 0.542. The highest BCUT2D eigenvalue weighted by molar-refractivity contribution is 5.38. The molecule has 0 saturated heterocycles. The summed E-state index contributed by atoms with van der Waals surface area (Å²) in [7, 11) is 1.99. The van der Waals surface area contributed by atoms with E-state index in [4.69, 9.17) is 5.73 Å². The molecule has 1 heterocycles. The van der Waals surface area contributed by atoms with E-state index in [1.54, 1.807) is 0 Å². The molecule has 0 radical (unpaired) electrons. The maximum Gasteiger partial charge on any atom is 0.0713 e. The van der Waals surface area contributed by atoms with Crippen LogP contribution in [0.5, 0.6) is 0 Å². The van der Waals surface area contributed by atoms with Crippen molar-refractivity contribution in [1.29, 1.82) is 0 Å². The summed E-state index contributed by atoms with van der Waals surface area (Å²) in [5.74, 6) is 0.468. The topological polar surface area (TPSA) is 43.8 Å². The Bertz CT molecular complexity index is 409. The van der Waals surface area contributed by atoms with Gasteiger partial charge in [-0.15, -0.1) is 0 Å². The smallest absolute Gasteiger partial charge is 0.0713 e. The highest BCUT2D eigenvalue weighted by Gasteiger charge is 2.57. The molecule has 16 heavy (non-hydrogen) atoms. The van der Waals surface area contributed by atoms with Gasteiger partial charge in [-0.25, -0.2) is 0 Å². The second kappa shape index (κ2) is 3.10. The largest absolute Gasteiger partial charge is 0.327 e. The molecule has 2 atom stereocenters. The molecule has 1 aliphatic carbocycles. The summed E-state index contributed by atoms with van der Waals surface area (Å²) in [4.78, 5) is 0. The van der Waals surface area contributed by atoms with Gasteiger partial charge in [-0.1, -0.05) is 34.6 Å². The van der Waals surface area contributed by atoms with Crippen molar-refractivity contribution < 1.29 is 0 Å². The molecule has 1 saturated carbocycles. The van der Waals surface area contributed by atoms with Crippen LogP contribution in [0.2, 0.25) is 0 Å². The summed E-state index contributed by atoms with van der Waals surface area (Å²) >= 11 is 0. The van der Waals surface area contributed by atoms with E-state index in [9.17, 15) is 0 Å². The highest BCUT2D eigenvalue weighted by Crippen LogP contribution is 2.58. The number of aryl methyl sites for hydroxylation is 1. The van der Waals surface area contributed by atoms with Crippen molar-refractivity contribution in [1.82, 2.24) is 9.78 Å². The quantitative estimate of drug-likeness (QED) is 0.790. The predicted octanol–water partition coefficient (Wildman–Crippen LogP) is 2.17. The maximum atomic E-state index is 6.16. The molecule has 0 amide bonds. The molecule has 3 heteroatoms. The van der Waals surface area contributed by atoms with E-state index in [1.807, 2.05) is 11.7 Å². The summed E-state index contributed by atoms with van der Waals surface area (Å²) in [6, 6.07) is 0.276. The minimum Gasteiger partial charge on any atom is -0.327 e. The summed E-state index contributed by atoms with van der Waals surface area (Å²) < 4.78 is 1.91. The van der Waals surface area contributed by atoms with Crippen molar-refractivity contribution in [2.24, 2.45) is 18.2 Å². The van der Waals surface area contributed by atoms with Gasteiger partial charge in [0, 0.05) is 30.6 Å². The fourth-order valence-electron chi connectivity index (χ4n) is 2.59. The first-order valence-corrected chi connectivity index (χ1v) is 5.95. The average molecular weight is 221 g/mol. The first-order chi connectivity index (χ1) is 7.15. The summed E-state index contributed by atoms with van der Waals surface area (Å²) in [5.41, 5.74) is 9.01. The molecule has 0 aromatic carbocycles. The van der Waals surface area contributed by atoms with Gasteiger partial charge in [0.1, 0.15) is 0 Å². The van der Waals surface area contributed by atoms with Crippen molar-refractivity contribution in [2.45, 2.75) is 52.0 Å². The Morgan fingerprint density at radius 1 is 1.38 bits per heavy atom. The maximum absolute atomic E-state index is 6.16. The minimum absolute atomic E-state index is 0.0922. The Morgan fingerprint density at radius 3 is 2.25 bits per heavy atom. The van der Waals surface area contributed by atoms with E-state index in [-0.39, 0.29) is 16.9 Å². The summed E-state index contributed by atoms with van der Waals surface area (Å²) in [5, 5.41) is 4.60. The first kappa shape index (κ1) is 11.6. The molecule has 0 bridgehead atoms. The molecule has 0 spiro atoms. The molecule has 0 aliphatic heterocycles. The number of aromatic nitrogens is 2. The SMILES string of the molecule is Cn1cc([C@H]2[C@H](N)C2(C)C)c(C(C)(C)C)n1. The lowest BCUT2D eigenvalue weighted by Crippen LogP contribution is -2.15. The number of hydrogen-bond donors (Lipinski definition) is 1. The van der Waals surface area contributed by atoms with Crippen molar-refractivity contribution >= 4 is 0 Å². The van der Waals surface area contributed by atoms with Crippen LogP contribution >= 0.6 is 0 Å². The molecule has 1 aromatic heterocycles. The third-order valence-electron chi connectivity index (χ3n) is 3.81. The zero-order valence-corrected chi connectivity index (χ0v) is 11.2. The Labute approximate surface area is 98.0 Å². The van der Waals surface area contributed by atoms with Crippen molar-refractivity contribution in [3.8, 4) is 0 Å². The van der Waals surface area contributed by atoms with Crippen LogP contribution in [0.15, 0.2) is 6.20 Å². The molecule has 1 aliphatic rings. The number of nitrogens with zero attached hydrogens (tertiary/aromatic N) is 2. The molecule has 2 rings (SSSR count). The average Bonchev–Trinajstić information content (AvgIpc) is 2.46. The monoisotopic (exact) mass is 221 g/mol. The number of rotatable bonds is 1. The van der Waals surface area contributed by atoms with Gasteiger partial charge in [0.25, 0.3) is 0 Å². The molecule has 90 valence electrons. The van der Waals surface area contributed by atoms with Gasteiger partial charge >= 0.3 is 0 Å². The van der Waals surface area contributed by atoms with Crippen LogP contribution in [-0.2, 0) is 12.5 Å². The number of hydrogen-bond acceptors (Lipinski definition) is 2. The summed E-state index contributed by atoms with van der Waals surface area (Å²) in [6.07, 6.45) is 2.14. The van der Waals surface area contributed by atoms with E-state index in [0.717, 1.165) is 0 Å². The highest BCUT2D eigenvalue weighted by atomic mass is 15.3. The Balaban J connectivity index is 2.43. The predicted molar refractivity (Wildman–Crippen MR) is 66.4 cm³/mol. The van der Waals surface area contributed by atoms with Crippen molar-refractivity contribution in [3.63, 3.8) is 0 Å². The van der Waals surface area contributed by atoms with Gasteiger partial charge in [-0.3, -0.25) is 4.68 Å². The minimum atomic E-state index is 0.0922. The Morgan fingerprint density at radius 2 is 1.88 bits per heavy atom. The zero-order valence-electron chi connectivity index (χ0n) is 11.2. The molecule has 1 fully saturated rings. The third-order valence-corrected chi connectivity index (χ3v) is 3.81. The number of nitrogens with two attached hydrogens (primary N) is 1. The van der Waals surface area contributed by atoms with Gasteiger partial charge in [-0.05, 0) is 11.0 Å². The Kier molecular flexibility index (Phi) is 2.26. The molecular weight excluding hydrogens is 198 g/mol. The van der Waals surface area contributed by atoms with Crippen LogP contribution in [0.4, 0.5) is 0 Å². The van der Waals surface area contributed by atoms with E-state index in [0.29, 0.717) is 5.92 Å². The fourth-order valence-corrected chi connectivity index (χ4v) is 2.59. The van der Waals surface area contributed by atoms with Crippen molar-refractivity contribution in [3.05, 3.63) is 17.5 Å². The fraction of sp³-hybridized carbons (Fsp3) is 0.769. The summed E-state index contributed by atoms with van der Waals surface area (Å²) in [6.45, 7) is 11.1. The van der Waals surface area contributed by atoms with Crippen LogP contribution in [-0.4, -0.2) is 15.8 Å². The van der Waals surface area contributed by atoms with Crippen molar-refractivity contribution in [2.75, 3.05) is 0 Å². The van der Waals surface area contributed by atoms with Crippen LogP contribution in [0.3, 0.4) is 0 Å². The Hall–Kier alpha value is -0.830. The molecule has 3 nitrogen and oxygen atoms in total. The second-order valence-corrected chi connectivity index (χ2v) is 6.68. The molecular formula is C13H23N3. The van der Waals surface area contributed by atoms with Crippen LogP contribution in [0.1, 0.15) is 51.8 Å². The van der Waals surface area contributed by atoms with E-state index in [2.05, 4.69) is 45.9 Å². The van der Waals surface area contributed by atoms with E-state index in [1.165, 1.54) is 11.3 Å². The van der Waals surface area contributed by atoms with Gasteiger partial charge in [0.05, 0.1) is 5.69 Å². The lowest BCUT2D eigenvalue weighted by atomic mass is 9.87. The second-order valence-electron chi connectivity index (χ2n) is 6.68.